The minimum atomic E-state index is 0.434. The summed E-state index contributed by atoms with van der Waals surface area (Å²) >= 11 is 0. The van der Waals surface area contributed by atoms with Gasteiger partial charge in [0.1, 0.15) is 22.9 Å². The molecule has 0 saturated heterocycles. The molecule has 1 aliphatic carbocycles. The van der Waals surface area contributed by atoms with Gasteiger partial charge in [-0.25, -0.2) is 15.0 Å². The zero-order valence-corrected chi connectivity index (χ0v) is 18.7. The van der Waals surface area contributed by atoms with Crippen molar-refractivity contribution in [2.45, 2.75) is 38.5 Å². The molecule has 2 N–H and O–H groups in total. The maximum absolute atomic E-state index is 6.38. The fourth-order valence-electron chi connectivity index (χ4n) is 5.07. The lowest BCUT2D eigenvalue weighted by Gasteiger charge is -2.20. The highest BCUT2D eigenvalue weighted by atomic mass is 15.1. The number of hydrogen-bond donors (Lipinski definition) is 1. The Balaban J connectivity index is 1.53. The molecule has 0 aliphatic heterocycles. The first-order valence-corrected chi connectivity index (χ1v) is 11.6. The fourth-order valence-corrected chi connectivity index (χ4v) is 5.07. The predicted octanol–water partition coefficient (Wildman–Crippen LogP) is 6.36. The van der Waals surface area contributed by atoms with E-state index in [9.17, 15) is 0 Å². The van der Waals surface area contributed by atoms with Gasteiger partial charge in [-0.05, 0) is 56.7 Å². The Hall–Kier alpha value is -3.73. The third-order valence-electron chi connectivity index (χ3n) is 6.77. The van der Waals surface area contributed by atoms with Gasteiger partial charge in [-0.15, -0.1) is 0 Å². The van der Waals surface area contributed by atoms with E-state index in [0.29, 0.717) is 11.7 Å². The molecule has 0 spiro atoms. The minimum absolute atomic E-state index is 0.434. The lowest BCUT2D eigenvalue weighted by atomic mass is 9.89. The van der Waals surface area contributed by atoms with E-state index in [2.05, 4.69) is 59.1 Å². The number of rotatable bonds is 3. The highest BCUT2D eigenvalue weighted by Gasteiger charge is 2.24. The largest absolute Gasteiger partial charge is 0.382 e. The smallest absolute Gasteiger partial charge is 0.150 e. The maximum atomic E-state index is 6.38. The van der Waals surface area contributed by atoms with E-state index in [-0.39, 0.29) is 0 Å². The fraction of sp³-hybridized carbons (Fsp3) is 0.214. The molecule has 33 heavy (non-hydrogen) atoms. The summed E-state index contributed by atoms with van der Waals surface area (Å²) in [7, 11) is 0. The standard InChI is InChI=1S/C28H26N5/c1-18-16-23(19-8-4-2-5-9-19)31-24-17-21(12-13-22(18)24)25-26-27(29)30-14-15-33(26)28(32-25)20-10-6-3-7-11-20/h2-5,8-9,12-17,20H,6-7,10-11H2,1H3,(H2,29,30). The Morgan fingerprint density at radius 3 is 2.58 bits per heavy atom. The van der Waals surface area contributed by atoms with Gasteiger partial charge in [0.15, 0.2) is 0 Å². The Morgan fingerprint density at radius 1 is 0.939 bits per heavy atom. The van der Waals surface area contributed by atoms with Crippen molar-refractivity contribution < 1.29 is 0 Å². The molecule has 3 heterocycles. The van der Waals surface area contributed by atoms with Crippen LogP contribution in [-0.2, 0) is 0 Å². The second kappa shape index (κ2) is 8.00. The number of imidazole rings is 1. The van der Waals surface area contributed by atoms with Gasteiger partial charge in [-0.1, -0.05) is 42.5 Å². The van der Waals surface area contributed by atoms with Crippen LogP contribution in [0.3, 0.4) is 0 Å². The number of fused-ring (bicyclic) bond motifs is 2. The summed E-state index contributed by atoms with van der Waals surface area (Å²) in [6.07, 6.45) is 10.7. The second-order valence-corrected chi connectivity index (χ2v) is 8.91. The second-order valence-electron chi connectivity index (χ2n) is 8.91. The van der Waals surface area contributed by atoms with Crippen LogP contribution in [0.2, 0.25) is 0 Å². The maximum Gasteiger partial charge on any atom is 0.150 e. The predicted molar refractivity (Wildman–Crippen MR) is 134 cm³/mol. The monoisotopic (exact) mass is 432 g/mol. The van der Waals surface area contributed by atoms with Crippen LogP contribution in [-0.4, -0.2) is 19.4 Å². The first kappa shape index (κ1) is 19.9. The molecular formula is C28H26N5. The number of benzene rings is 2. The van der Waals surface area contributed by atoms with Crippen LogP contribution in [0.1, 0.15) is 43.0 Å². The molecule has 1 saturated carbocycles. The van der Waals surface area contributed by atoms with Crippen LogP contribution in [0.25, 0.3) is 38.9 Å². The number of anilines is 1. The normalized spacial score (nSPS) is 14.8. The molecule has 2 aromatic carbocycles. The number of nitrogens with zero attached hydrogens (tertiary/aromatic N) is 4. The van der Waals surface area contributed by atoms with Gasteiger partial charge in [0.2, 0.25) is 0 Å². The van der Waals surface area contributed by atoms with Crippen molar-refractivity contribution in [3.05, 3.63) is 84.8 Å². The van der Waals surface area contributed by atoms with Crippen LogP contribution in [0.15, 0.2) is 67.0 Å². The van der Waals surface area contributed by atoms with Crippen molar-refractivity contribution in [3.63, 3.8) is 0 Å². The van der Waals surface area contributed by atoms with E-state index in [1.165, 1.54) is 5.56 Å². The molecule has 5 aromatic rings. The third kappa shape index (κ3) is 3.44. The molecule has 3 aromatic heterocycles. The number of nitrogens with two attached hydrogens (primary N) is 1. The van der Waals surface area contributed by atoms with E-state index in [4.69, 9.17) is 15.7 Å². The number of hydrogen-bond acceptors (Lipinski definition) is 4. The van der Waals surface area contributed by atoms with Crippen molar-refractivity contribution in [3.8, 4) is 22.5 Å². The summed E-state index contributed by atoms with van der Waals surface area (Å²) in [6.45, 7) is 2.14. The Morgan fingerprint density at radius 2 is 1.76 bits per heavy atom. The van der Waals surface area contributed by atoms with Crippen molar-refractivity contribution in [1.29, 1.82) is 0 Å². The summed E-state index contributed by atoms with van der Waals surface area (Å²) in [5.41, 5.74) is 13.4. The van der Waals surface area contributed by atoms with Crippen molar-refractivity contribution in [1.82, 2.24) is 19.4 Å². The number of pyridine rings is 1. The lowest BCUT2D eigenvalue weighted by Crippen LogP contribution is -2.09. The first-order valence-electron chi connectivity index (χ1n) is 11.6. The molecule has 6 rings (SSSR count). The molecular weight excluding hydrogens is 406 g/mol. The molecule has 0 unspecified atom stereocenters. The van der Waals surface area contributed by atoms with Crippen LogP contribution >= 0.6 is 0 Å². The summed E-state index contributed by atoms with van der Waals surface area (Å²) in [5, 5.41) is 1.15. The molecule has 1 fully saturated rings. The molecule has 5 nitrogen and oxygen atoms in total. The quantitative estimate of drug-likeness (QED) is 0.360. The minimum Gasteiger partial charge on any atom is -0.382 e. The molecule has 1 aliphatic rings. The zero-order valence-electron chi connectivity index (χ0n) is 18.7. The summed E-state index contributed by atoms with van der Waals surface area (Å²) in [4.78, 5) is 14.5. The zero-order chi connectivity index (χ0) is 22.4. The average molecular weight is 433 g/mol. The van der Waals surface area contributed by atoms with Crippen molar-refractivity contribution in [2.24, 2.45) is 0 Å². The van der Waals surface area contributed by atoms with Gasteiger partial charge in [0, 0.05) is 34.8 Å². The van der Waals surface area contributed by atoms with Gasteiger partial charge in [-0.3, -0.25) is 4.40 Å². The number of aromatic nitrogens is 4. The van der Waals surface area contributed by atoms with Crippen LogP contribution in [0, 0.1) is 13.3 Å². The lowest BCUT2D eigenvalue weighted by molar-refractivity contribution is 0.489. The topological polar surface area (TPSA) is 69.1 Å². The SMILES string of the molecule is Cc1cc(-c2ccccc2)nc2cc(-c3nc(C4CC[CH]CC4)n4ccnc(N)c34)ccc12. The van der Waals surface area contributed by atoms with Crippen LogP contribution in [0.4, 0.5) is 5.82 Å². The van der Waals surface area contributed by atoms with Gasteiger partial charge in [0.25, 0.3) is 0 Å². The van der Waals surface area contributed by atoms with Gasteiger partial charge >= 0.3 is 0 Å². The summed E-state index contributed by atoms with van der Waals surface area (Å²) < 4.78 is 2.15. The Bertz CT molecular complexity index is 1460. The van der Waals surface area contributed by atoms with Gasteiger partial charge < -0.3 is 5.73 Å². The van der Waals surface area contributed by atoms with E-state index in [1.807, 2.05) is 24.4 Å². The van der Waals surface area contributed by atoms with Gasteiger partial charge in [0.05, 0.1) is 11.2 Å². The van der Waals surface area contributed by atoms with Crippen LogP contribution < -0.4 is 5.73 Å². The molecule has 0 amide bonds. The van der Waals surface area contributed by atoms with Crippen molar-refractivity contribution in [2.75, 3.05) is 5.73 Å². The van der Waals surface area contributed by atoms with Crippen LogP contribution in [0.5, 0.6) is 0 Å². The number of aryl methyl sites for hydroxylation is 1. The number of nitrogen functional groups attached to an aromatic ring is 1. The van der Waals surface area contributed by atoms with E-state index < -0.39 is 0 Å². The Kier molecular flexibility index (Phi) is 4.83. The third-order valence-corrected chi connectivity index (χ3v) is 6.77. The Labute approximate surface area is 193 Å². The molecule has 1 radical (unpaired) electrons. The van der Waals surface area contributed by atoms with Gasteiger partial charge in [-0.2, -0.15) is 0 Å². The highest BCUT2D eigenvalue weighted by molar-refractivity contribution is 5.92. The van der Waals surface area contributed by atoms with E-state index >= 15 is 0 Å². The molecule has 0 atom stereocenters. The molecule has 5 heteroatoms. The average Bonchev–Trinajstić information content (AvgIpc) is 3.26. The van der Waals surface area contributed by atoms with E-state index in [0.717, 1.165) is 70.4 Å². The highest BCUT2D eigenvalue weighted by Crippen LogP contribution is 2.37. The van der Waals surface area contributed by atoms with E-state index in [1.54, 1.807) is 6.20 Å². The summed E-state index contributed by atoms with van der Waals surface area (Å²) in [6, 6.07) is 18.9. The molecule has 0 bridgehead atoms. The molecule has 163 valence electrons. The summed E-state index contributed by atoms with van der Waals surface area (Å²) in [5.74, 6) is 2.03. The van der Waals surface area contributed by atoms with Crippen molar-refractivity contribution >= 4 is 22.2 Å². The first-order chi connectivity index (χ1) is 16.2.